The van der Waals surface area contributed by atoms with E-state index in [0.717, 1.165) is 0 Å². The van der Waals surface area contributed by atoms with E-state index in [2.05, 4.69) is 15.8 Å². The van der Waals surface area contributed by atoms with E-state index < -0.39 is 5.41 Å². The van der Waals surface area contributed by atoms with Gasteiger partial charge in [-0.05, 0) is 13.8 Å². The Kier molecular flexibility index (Phi) is 5.27. The monoisotopic (exact) mass is 230 g/mol. The molecule has 0 saturated heterocycles. The Hall–Kier alpha value is -1.79. The van der Waals surface area contributed by atoms with Gasteiger partial charge in [-0.25, -0.2) is 0 Å². The Morgan fingerprint density at radius 1 is 1.31 bits per heavy atom. The Morgan fingerprint density at radius 2 is 1.81 bits per heavy atom. The second-order valence-electron chi connectivity index (χ2n) is 3.85. The highest BCUT2D eigenvalue weighted by atomic mass is 16.4. The summed E-state index contributed by atoms with van der Waals surface area (Å²) in [5.74, 6) is -0.692. The molecule has 0 rings (SSSR count). The maximum atomic E-state index is 11.6. The number of carbonyl (C=O) groups excluding carboxylic acids is 2. The van der Waals surface area contributed by atoms with Crippen molar-refractivity contribution in [2.75, 3.05) is 13.1 Å². The third-order valence-corrected chi connectivity index (χ3v) is 2.10. The molecule has 0 saturated carbocycles. The van der Waals surface area contributed by atoms with Gasteiger partial charge in [0.05, 0.1) is 0 Å². The molecule has 2 amide bonds. The zero-order valence-corrected chi connectivity index (χ0v) is 9.70. The molecule has 0 fully saturated rings. The Morgan fingerprint density at radius 3 is 2.25 bits per heavy atom. The fourth-order valence-electron chi connectivity index (χ4n) is 0.877. The minimum absolute atomic E-state index is 0.162. The Labute approximate surface area is 94.1 Å². The summed E-state index contributed by atoms with van der Waals surface area (Å²) in [6.07, 6.45) is 0. The first-order valence-corrected chi connectivity index (χ1v) is 4.83. The van der Waals surface area contributed by atoms with Gasteiger partial charge in [-0.3, -0.25) is 9.59 Å². The van der Waals surface area contributed by atoms with Crippen molar-refractivity contribution in [3.05, 3.63) is 0 Å². The van der Waals surface area contributed by atoms with E-state index >= 15 is 0 Å². The topological polar surface area (TPSA) is 117 Å². The number of rotatable bonds is 5. The summed E-state index contributed by atoms with van der Waals surface area (Å²) in [4.78, 5) is 22.2. The van der Waals surface area contributed by atoms with Gasteiger partial charge in [0.1, 0.15) is 5.41 Å². The van der Waals surface area contributed by atoms with Crippen LogP contribution in [0.4, 0.5) is 0 Å². The van der Waals surface area contributed by atoms with Crippen LogP contribution in [0.25, 0.3) is 0 Å². The molecule has 0 atom stereocenters. The van der Waals surface area contributed by atoms with E-state index in [0.29, 0.717) is 13.1 Å². The average molecular weight is 230 g/mol. The van der Waals surface area contributed by atoms with Crippen molar-refractivity contribution in [2.24, 2.45) is 16.3 Å². The maximum absolute atomic E-state index is 11.6. The number of nitrogens with one attached hydrogen (secondary N) is 2. The molecular weight excluding hydrogens is 212 g/mol. The quantitative estimate of drug-likeness (QED) is 0.159. The van der Waals surface area contributed by atoms with Gasteiger partial charge in [0.2, 0.25) is 11.8 Å². The number of hydrogen-bond donors (Lipinski definition) is 4. The van der Waals surface area contributed by atoms with Crippen LogP contribution in [0, 0.1) is 5.41 Å². The molecule has 0 radical (unpaired) electrons. The van der Waals surface area contributed by atoms with Crippen LogP contribution in [-0.2, 0) is 9.59 Å². The van der Waals surface area contributed by atoms with Crippen molar-refractivity contribution in [1.29, 1.82) is 0 Å². The molecule has 0 aliphatic rings. The zero-order valence-electron chi connectivity index (χ0n) is 9.70. The first-order valence-electron chi connectivity index (χ1n) is 4.83. The van der Waals surface area contributed by atoms with E-state index in [1.54, 1.807) is 0 Å². The van der Waals surface area contributed by atoms with Gasteiger partial charge < -0.3 is 21.6 Å². The molecule has 0 spiro atoms. The number of amidine groups is 1. The third kappa shape index (κ3) is 4.16. The van der Waals surface area contributed by atoms with Crippen LogP contribution in [0.3, 0.4) is 0 Å². The lowest BCUT2D eigenvalue weighted by molar-refractivity contribution is -0.126. The molecule has 0 aromatic carbocycles. The Bertz CT molecular complexity index is 299. The highest BCUT2D eigenvalue weighted by Gasteiger charge is 2.32. The predicted molar refractivity (Wildman–Crippen MR) is 58.9 cm³/mol. The van der Waals surface area contributed by atoms with E-state index in [4.69, 9.17) is 10.9 Å². The molecule has 16 heavy (non-hydrogen) atoms. The van der Waals surface area contributed by atoms with Crippen molar-refractivity contribution in [3.8, 4) is 0 Å². The molecule has 0 aromatic rings. The molecule has 0 aliphatic heterocycles. The standard InChI is InChI=1S/C9H18N4O3/c1-6(14)11-4-5-12-8(15)9(2,3)7(10)13-16/h16H,4-5H2,1-3H3,(H2,10,13)(H,11,14)(H,12,15). The molecule has 7 heteroatoms. The molecule has 0 aromatic heterocycles. The first-order chi connectivity index (χ1) is 7.32. The largest absolute Gasteiger partial charge is 0.409 e. The number of nitrogens with zero attached hydrogens (tertiary/aromatic N) is 1. The lowest BCUT2D eigenvalue weighted by Crippen LogP contribution is -2.47. The first kappa shape index (κ1) is 14.2. The predicted octanol–water partition coefficient (Wildman–Crippen LogP) is -0.989. The van der Waals surface area contributed by atoms with Gasteiger partial charge in [-0.15, -0.1) is 0 Å². The molecule has 0 aliphatic carbocycles. The fourth-order valence-corrected chi connectivity index (χ4v) is 0.877. The molecule has 0 heterocycles. The summed E-state index contributed by atoms with van der Waals surface area (Å²) in [6.45, 7) is 5.10. The minimum Gasteiger partial charge on any atom is -0.409 e. The van der Waals surface area contributed by atoms with Crippen LogP contribution >= 0.6 is 0 Å². The number of hydrogen-bond acceptors (Lipinski definition) is 4. The summed E-state index contributed by atoms with van der Waals surface area (Å²) in [5, 5.41) is 16.4. The number of carbonyl (C=O) groups is 2. The SMILES string of the molecule is CC(=O)NCCNC(=O)C(C)(C)C(N)=NO. The molecular formula is C9H18N4O3. The average Bonchev–Trinajstić information content (AvgIpc) is 2.22. The van der Waals surface area contributed by atoms with Crippen molar-refractivity contribution in [3.63, 3.8) is 0 Å². The van der Waals surface area contributed by atoms with Crippen molar-refractivity contribution in [1.82, 2.24) is 10.6 Å². The Balaban J connectivity index is 4.11. The van der Waals surface area contributed by atoms with Gasteiger partial charge in [0, 0.05) is 20.0 Å². The van der Waals surface area contributed by atoms with Crippen molar-refractivity contribution in [2.45, 2.75) is 20.8 Å². The van der Waals surface area contributed by atoms with Gasteiger partial charge in [-0.2, -0.15) is 0 Å². The van der Waals surface area contributed by atoms with Gasteiger partial charge in [0.25, 0.3) is 0 Å². The summed E-state index contributed by atoms with van der Waals surface area (Å²) < 4.78 is 0. The highest BCUT2D eigenvalue weighted by Crippen LogP contribution is 2.14. The maximum Gasteiger partial charge on any atom is 0.233 e. The summed E-state index contributed by atoms with van der Waals surface area (Å²) in [6, 6.07) is 0. The van der Waals surface area contributed by atoms with Crippen LogP contribution < -0.4 is 16.4 Å². The minimum atomic E-state index is -1.08. The smallest absolute Gasteiger partial charge is 0.233 e. The molecule has 92 valence electrons. The zero-order chi connectivity index (χ0) is 12.8. The third-order valence-electron chi connectivity index (χ3n) is 2.10. The van der Waals surface area contributed by atoms with Gasteiger partial charge in [0.15, 0.2) is 5.84 Å². The van der Waals surface area contributed by atoms with Crippen LogP contribution in [-0.4, -0.2) is 35.9 Å². The van der Waals surface area contributed by atoms with E-state index in [9.17, 15) is 9.59 Å². The lowest BCUT2D eigenvalue weighted by Gasteiger charge is -2.21. The van der Waals surface area contributed by atoms with Crippen LogP contribution in [0.2, 0.25) is 0 Å². The summed E-state index contributed by atoms with van der Waals surface area (Å²) >= 11 is 0. The molecule has 0 unspecified atom stereocenters. The van der Waals surface area contributed by atoms with Crippen molar-refractivity contribution >= 4 is 17.6 Å². The van der Waals surface area contributed by atoms with Crippen molar-refractivity contribution < 1.29 is 14.8 Å². The highest BCUT2D eigenvalue weighted by molar-refractivity contribution is 6.05. The van der Waals surface area contributed by atoms with Crippen LogP contribution in [0.15, 0.2) is 5.16 Å². The lowest BCUT2D eigenvalue weighted by atomic mass is 9.91. The molecule has 0 bridgehead atoms. The van der Waals surface area contributed by atoms with E-state index in [1.165, 1.54) is 20.8 Å². The summed E-state index contributed by atoms with van der Waals surface area (Å²) in [7, 11) is 0. The van der Waals surface area contributed by atoms with Crippen LogP contribution in [0.1, 0.15) is 20.8 Å². The fraction of sp³-hybridized carbons (Fsp3) is 0.667. The van der Waals surface area contributed by atoms with E-state index in [1.807, 2.05) is 0 Å². The molecule has 5 N–H and O–H groups in total. The second kappa shape index (κ2) is 5.94. The van der Waals surface area contributed by atoms with Gasteiger partial charge in [-0.1, -0.05) is 5.16 Å². The number of amides is 2. The van der Waals surface area contributed by atoms with Crippen LogP contribution in [0.5, 0.6) is 0 Å². The summed E-state index contributed by atoms with van der Waals surface area (Å²) in [5.41, 5.74) is 4.30. The molecule has 7 nitrogen and oxygen atoms in total. The number of oxime groups is 1. The van der Waals surface area contributed by atoms with Gasteiger partial charge >= 0.3 is 0 Å². The second-order valence-corrected chi connectivity index (χ2v) is 3.85. The normalized spacial score (nSPS) is 12.1. The van der Waals surface area contributed by atoms with E-state index in [-0.39, 0.29) is 17.6 Å². The number of nitrogens with two attached hydrogens (primary N) is 1.